The number of ether oxygens (including phenoxy) is 1. The van der Waals surface area contributed by atoms with Crippen LogP contribution in [0.4, 0.5) is 0 Å². The average molecular weight is 363 g/mol. The summed E-state index contributed by atoms with van der Waals surface area (Å²) in [6.45, 7) is 7.61. The van der Waals surface area contributed by atoms with Crippen LogP contribution in [0.5, 0.6) is 5.75 Å². The molecule has 1 aliphatic heterocycles. The van der Waals surface area contributed by atoms with Crippen molar-refractivity contribution in [3.05, 3.63) is 24.3 Å². The molecule has 0 spiro atoms. The van der Waals surface area contributed by atoms with Gasteiger partial charge in [0.2, 0.25) is 10.0 Å². The number of benzene rings is 1. The zero-order chi connectivity index (χ0) is 16.4. The van der Waals surface area contributed by atoms with E-state index in [0.29, 0.717) is 36.8 Å². The predicted octanol–water partition coefficient (Wildman–Crippen LogP) is 2.65. The number of halogens is 1. The van der Waals surface area contributed by atoms with E-state index in [1.54, 1.807) is 24.3 Å². The monoisotopic (exact) mass is 362 g/mol. The lowest BCUT2D eigenvalue weighted by atomic mass is 9.81. The van der Waals surface area contributed by atoms with E-state index in [4.69, 9.17) is 10.5 Å². The van der Waals surface area contributed by atoms with Crippen LogP contribution in [0.2, 0.25) is 0 Å². The van der Waals surface area contributed by atoms with Crippen molar-refractivity contribution >= 4 is 22.4 Å². The summed E-state index contributed by atoms with van der Waals surface area (Å²) in [6.07, 6.45) is 1.60. The second kappa shape index (κ2) is 7.83. The lowest BCUT2D eigenvalue weighted by Gasteiger charge is -2.41. The summed E-state index contributed by atoms with van der Waals surface area (Å²) >= 11 is 0. The summed E-state index contributed by atoms with van der Waals surface area (Å²) in [5.74, 6) is 0.696. The highest BCUT2D eigenvalue weighted by Crippen LogP contribution is 2.31. The number of nitrogens with zero attached hydrogens (tertiary/aromatic N) is 1. The van der Waals surface area contributed by atoms with Crippen molar-refractivity contribution < 1.29 is 13.2 Å². The summed E-state index contributed by atoms with van der Waals surface area (Å²) in [5, 5.41) is 0. The third kappa shape index (κ3) is 4.59. The van der Waals surface area contributed by atoms with E-state index in [1.165, 1.54) is 4.31 Å². The summed E-state index contributed by atoms with van der Waals surface area (Å²) in [7, 11) is -3.47. The van der Waals surface area contributed by atoms with Crippen LogP contribution in [-0.2, 0) is 10.0 Å². The van der Waals surface area contributed by atoms with Gasteiger partial charge in [0.1, 0.15) is 5.75 Å². The van der Waals surface area contributed by atoms with Gasteiger partial charge in [-0.15, -0.1) is 12.4 Å². The van der Waals surface area contributed by atoms with Gasteiger partial charge in [-0.3, -0.25) is 0 Å². The Bertz CT molecular complexity index is 602. The number of nitrogens with two attached hydrogens (primary N) is 1. The van der Waals surface area contributed by atoms with Crippen LogP contribution in [0.15, 0.2) is 29.2 Å². The van der Waals surface area contributed by atoms with Crippen LogP contribution in [0.3, 0.4) is 0 Å². The molecule has 7 heteroatoms. The smallest absolute Gasteiger partial charge is 0.243 e. The Morgan fingerprint density at radius 2 is 1.91 bits per heavy atom. The van der Waals surface area contributed by atoms with Crippen molar-refractivity contribution in [3.63, 3.8) is 0 Å². The SMILES string of the molecule is CCCOc1ccc(S(=O)(=O)N2CCC(N)C(C)(C)C2)cc1.Cl. The molecule has 0 amide bonds. The van der Waals surface area contributed by atoms with Crippen LogP contribution in [0, 0.1) is 5.41 Å². The van der Waals surface area contributed by atoms with Gasteiger partial charge in [-0.25, -0.2) is 8.42 Å². The summed E-state index contributed by atoms with van der Waals surface area (Å²) in [4.78, 5) is 0.308. The molecule has 2 rings (SSSR count). The Kier molecular flexibility index (Phi) is 6.89. The van der Waals surface area contributed by atoms with Crippen LogP contribution in [-0.4, -0.2) is 38.5 Å². The summed E-state index contributed by atoms with van der Waals surface area (Å²) in [5.41, 5.74) is 5.87. The maximum atomic E-state index is 12.8. The third-order valence-electron chi connectivity index (χ3n) is 4.21. The van der Waals surface area contributed by atoms with E-state index in [9.17, 15) is 8.42 Å². The molecule has 0 aromatic heterocycles. The summed E-state index contributed by atoms with van der Waals surface area (Å²) < 4.78 is 32.5. The third-order valence-corrected chi connectivity index (χ3v) is 6.07. The van der Waals surface area contributed by atoms with Crippen molar-refractivity contribution in [3.8, 4) is 5.75 Å². The second-order valence-electron chi connectivity index (χ2n) is 6.54. The first-order chi connectivity index (χ1) is 10.3. The molecule has 1 aromatic rings. The second-order valence-corrected chi connectivity index (χ2v) is 8.48. The molecule has 5 nitrogen and oxygen atoms in total. The molecule has 0 bridgehead atoms. The maximum Gasteiger partial charge on any atom is 0.243 e. The zero-order valence-electron chi connectivity index (χ0n) is 14.0. The van der Waals surface area contributed by atoms with Crippen molar-refractivity contribution in [1.82, 2.24) is 4.31 Å². The highest BCUT2D eigenvalue weighted by molar-refractivity contribution is 7.89. The van der Waals surface area contributed by atoms with Crippen LogP contribution in [0.25, 0.3) is 0 Å². The molecule has 1 fully saturated rings. The molecule has 0 saturated carbocycles. The Morgan fingerprint density at radius 1 is 1.30 bits per heavy atom. The number of hydrogen-bond acceptors (Lipinski definition) is 4. The lowest BCUT2D eigenvalue weighted by molar-refractivity contribution is 0.155. The first kappa shape index (κ1) is 20.2. The largest absolute Gasteiger partial charge is 0.494 e. The van der Waals surface area contributed by atoms with E-state index >= 15 is 0 Å². The fraction of sp³-hybridized carbons (Fsp3) is 0.625. The van der Waals surface area contributed by atoms with Crippen molar-refractivity contribution in [1.29, 1.82) is 0 Å². The molecule has 0 aliphatic carbocycles. The van der Waals surface area contributed by atoms with Crippen LogP contribution in [0.1, 0.15) is 33.6 Å². The fourth-order valence-electron chi connectivity index (χ4n) is 2.61. The van der Waals surface area contributed by atoms with Gasteiger partial charge < -0.3 is 10.5 Å². The molecule has 23 heavy (non-hydrogen) atoms. The van der Waals surface area contributed by atoms with E-state index < -0.39 is 10.0 Å². The average Bonchev–Trinajstić information content (AvgIpc) is 2.48. The fourth-order valence-corrected chi connectivity index (χ4v) is 4.23. The van der Waals surface area contributed by atoms with Gasteiger partial charge >= 0.3 is 0 Å². The number of hydrogen-bond donors (Lipinski definition) is 1. The van der Waals surface area contributed by atoms with Crippen LogP contribution >= 0.6 is 12.4 Å². The van der Waals surface area contributed by atoms with E-state index in [-0.39, 0.29) is 23.9 Å². The van der Waals surface area contributed by atoms with Crippen molar-refractivity contribution in [2.75, 3.05) is 19.7 Å². The van der Waals surface area contributed by atoms with Gasteiger partial charge in [-0.1, -0.05) is 20.8 Å². The minimum Gasteiger partial charge on any atom is -0.494 e. The standard InChI is InChI=1S/C16H26N2O3S.ClH/c1-4-11-21-13-5-7-14(8-6-13)22(19,20)18-10-9-15(17)16(2,3)12-18;/h5-8,15H,4,9-12,17H2,1-3H3;1H. The molecule has 1 saturated heterocycles. The molecule has 1 aliphatic rings. The van der Waals surface area contributed by atoms with E-state index in [2.05, 4.69) is 0 Å². The minimum absolute atomic E-state index is 0. The van der Waals surface area contributed by atoms with Gasteiger partial charge in [0.15, 0.2) is 0 Å². The first-order valence-corrected chi connectivity index (χ1v) is 9.20. The van der Waals surface area contributed by atoms with E-state index in [0.717, 1.165) is 6.42 Å². The van der Waals surface area contributed by atoms with Gasteiger partial charge in [0.25, 0.3) is 0 Å². The molecule has 1 aromatic carbocycles. The van der Waals surface area contributed by atoms with Gasteiger partial charge in [0, 0.05) is 19.1 Å². The zero-order valence-corrected chi connectivity index (χ0v) is 15.6. The molecule has 132 valence electrons. The number of sulfonamides is 1. The topological polar surface area (TPSA) is 72.6 Å². The minimum atomic E-state index is -3.47. The predicted molar refractivity (Wildman–Crippen MR) is 94.6 cm³/mol. The maximum absolute atomic E-state index is 12.8. The lowest BCUT2D eigenvalue weighted by Crippen LogP contribution is -2.53. The van der Waals surface area contributed by atoms with Gasteiger partial charge in [0.05, 0.1) is 11.5 Å². The molecule has 2 N–H and O–H groups in total. The molecular formula is C16H27ClN2O3S. The molecule has 1 unspecified atom stereocenters. The number of piperidine rings is 1. The Labute approximate surface area is 145 Å². The summed E-state index contributed by atoms with van der Waals surface area (Å²) in [6, 6.07) is 6.68. The molecule has 1 heterocycles. The van der Waals surface area contributed by atoms with E-state index in [1.807, 2.05) is 20.8 Å². The Hall–Kier alpha value is -0.820. The Balaban J connectivity index is 0.00000264. The molecule has 1 atom stereocenters. The molecule has 0 radical (unpaired) electrons. The quantitative estimate of drug-likeness (QED) is 0.873. The number of rotatable bonds is 5. The van der Waals surface area contributed by atoms with Crippen LogP contribution < -0.4 is 10.5 Å². The van der Waals surface area contributed by atoms with Gasteiger partial charge in [-0.05, 0) is 42.5 Å². The van der Waals surface area contributed by atoms with Gasteiger partial charge in [-0.2, -0.15) is 4.31 Å². The normalized spacial score (nSPS) is 21.5. The first-order valence-electron chi connectivity index (χ1n) is 7.76. The highest BCUT2D eigenvalue weighted by Gasteiger charge is 2.38. The molecular weight excluding hydrogens is 336 g/mol. The highest BCUT2D eigenvalue weighted by atomic mass is 35.5. The van der Waals surface area contributed by atoms with Crippen molar-refractivity contribution in [2.24, 2.45) is 11.1 Å². The Morgan fingerprint density at radius 3 is 2.43 bits per heavy atom. The van der Waals surface area contributed by atoms with Crippen molar-refractivity contribution in [2.45, 2.75) is 44.6 Å².